The molecule has 0 amide bonds. The lowest BCUT2D eigenvalue weighted by Gasteiger charge is -2.13. The highest BCUT2D eigenvalue weighted by Gasteiger charge is 2.05. The highest BCUT2D eigenvalue weighted by molar-refractivity contribution is 7.08. The van der Waals surface area contributed by atoms with Gasteiger partial charge < -0.3 is 15.2 Å². The number of aliphatic hydroxyl groups is 1. The van der Waals surface area contributed by atoms with Crippen LogP contribution in [-0.4, -0.2) is 24.4 Å². The largest absolute Gasteiger partial charge is 0.491 e. The van der Waals surface area contributed by atoms with E-state index in [2.05, 4.69) is 5.32 Å². The van der Waals surface area contributed by atoms with Crippen molar-refractivity contribution in [1.82, 2.24) is 0 Å². The minimum absolute atomic E-state index is 0.187. The molecule has 0 aliphatic heterocycles. The molecule has 0 fully saturated rings. The van der Waals surface area contributed by atoms with Crippen LogP contribution in [-0.2, 0) is 0 Å². The Morgan fingerprint density at radius 2 is 2.32 bits per heavy atom. The van der Waals surface area contributed by atoms with Crippen molar-refractivity contribution in [2.45, 2.75) is 6.10 Å². The van der Waals surface area contributed by atoms with Crippen molar-refractivity contribution in [3.63, 3.8) is 0 Å². The van der Waals surface area contributed by atoms with Crippen molar-refractivity contribution >= 4 is 17.0 Å². The third kappa shape index (κ3) is 4.28. The molecule has 0 bridgehead atoms. The molecule has 5 heteroatoms. The average Bonchev–Trinajstić information content (AvgIpc) is 2.96. The summed E-state index contributed by atoms with van der Waals surface area (Å²) in [7, 11) is 0. The molecule has 2 rings (SSSR count). The van der Waals surface area contributed by atoms with Gasteiger partial charge in [0, 0.05) is 17.6 Å². The van der Waals surface area contributed by atoms with Crippen LogP contribution in [0.3, 0.4) is 0 Å². The minimum atomic E-state index is -0.606. The van der Waals surface area contributed by atoms with Gasteiger partial charge in [-0.15, -0.1) is 0 Å². The number of nitrogens with one attached hydrogen (secondary N) is 1. The van der Waals surface area contributed by atoms with Crippen LogP contribution in [0.2, 0.25) is 0 Å². The van der Waals surface area contributed by atoms with Crippen LogP contribution in [0, 0.1) is 11.3 Å². The van der Waals surface area contributed by atoms with Crippen LogP contribution in [0.1, 0.15) is 5.56 Å². The molecule has 0 aliphatic rings. The van der Waals surface area contributed by atoms with Gasteiger partial charge in [0.2, 0.25) is 0 Å². The number of thiophene rings is 1. The van der Waals surface area contributed by atoms with Gasteiger partial charge in [0.15, 0.2) is 0 Å². The second-order valence-corrected chi connectivity index (χ2v) is 4.78. The van der Waals surface area contributed by atoms with Crippen molar-refractivity contribution in [2.75, 3.05) is 18.5 Å². The van der Waals surface area contributed by atoms with Gasteiger partial charge in [-0.3, -0.25) is 0 Å². The number of hydrogen-bond acceptors (Lipinski definition) is 5. The maximum Gasteiger partial charge on any atom is 0.120 e. The standard InChI is InChI=1S/C14H14N2O2S/c15-7-11-2-1-3-14(6-11)18-9-13(17)8-16-12-4-5-19-10-12/h1-6,10,13,16-17H,8-9H2. The monoisotopic (exact) mass is 274 g/mol. The summed E-state index contributed by atoms with van der Waals surface area (Å²) in [6, 6.07) is 10.9. The summed E-state index contributed by atoms with van der Waals surface area (Å²) in [6.45, 7) is 0.612. The van der Waals surface area contributed by atoms with Crippen molar-refractivity contribution in [1.29, 1.82) is 5.26 Å². The summed E-state index contributed by atoms with van der Waals surface area (Å²) in [6.07, 6.45) is -0.606. The molecular formula is C14H14N2O2S. The zero-order valence-corrected chi connectivity index (χ0v) is 11.1. The van der Waals surface area contributed by atoms with Gasteiger partial charge in [0.05, 0.1) is 11.6 Å². The first-order valence-electron chi connectivity index (χ1n) is 5.85. The Morgan fingerprint density at radius 3 is 3.05 bits per heavy atom. The van der Waals surface area contributed by atoms with E-state index in [9.17, 15) is 5.11 Å². The Labute approximate surface area is 115 Å². The molecule has 19 heavy (non-hydrogen) atoms. The second-order valence-electron chi connectivity index (χ2n) is 4.00. The lowest BCUT2D eigenvalue weighted by molar-refractivity contribution is 0.117. The molecule has 1 atom stereocenters. The molecule has 1 unspecified atom stereocenters. The second kappa shape index (κ2) is 6.78. The van der Waals surface area contributed by atoms with Gasteiger partial charge in [-0.05, 0) is 29.6 Å². The SMILES string of the molecule is N#Cc1cccc(OCC(O)CNc2ccsc2)c1. The summed E-state index contributed by atoms with van der Waals surface area (Å²) in [4.78, 5) is 0. The normalized spacial score (nSPS) is 11.6. The number of nitrogens with zero attached hydrogens (tertiary/aromatic N) is 1. The quantitative estimate of drug-likeness (QED) is 0.849. The van der Waals surface area contributed by atoms with E-state index in [1.54, 1.807) is 35.6 Å². The molecule has 1 heterocycles. The first-order chi connectivity index (χ1) is 9.28. The highest BCUT2D eigenvalue weighted by atomic mass is 32.1. The van der Waals surface area contributed by atoms with Crippen molar-refractivity contribution in [3.8, 4) is 11.8 Å². The molecule has 1 aromatic carbocycles. The topological polar surface area (TPSA) is 65.3 Å². The van der Waals surface area contributed by atoms with Crippen LogP contribution in [0.15, 0.2) is 41.1 Å². The number of nitriles is 1. The Hall–Kier alpha value is -2.03. The molecule has 0 aliphatic carbocycles. The molecule has 0 saturated heterocycles. The molecular weight excluding hydrogens is 260 g/mol. The van der Waals surface area contributed by atoms with Crippen molar-refractivity contribution < 1.29 is 9.84 Å². The number of ether oxygens (including phenoxy) is 1. The Morgan fingerprint density at radius 1 is 1.42 bits per heavy atom. The van der Waals surface area contributed by atoms with E-state index in [4.69, 9.17) is 10.00 Å². The fraction of sp³-hybridized carbons (Fsp3) is 0.214. The lowest BCUT2D eigenvalue weighted by Crippen LogP contribution is -2.26. The number of anilines is 1. The first kappa shape index (κ1) is 13.4. The molecule has 0 saturated carbocycles. The maximum absolute atomic E-state index is 9.79. The van der Waals surface area contributed by atoms with Gasteiger partial charge in [0.1, 0.15) is 18.5 Å². The molecule has 4 nitrogen and oxygen atoms in total. The summed E-state index contributed by atoms with van der Waals surface area (Å²) in [5, 5.41) is 25.6. The predicted octanol–water partition coefficient (Wildman–Crippen LogP) is 2.47. The van der Waals surface area contributed by atoms with Gasteiger partial charge >= 0.3 is 0 Å². The Kier molecular flexibility index (Phi) is 4.78. The summed E-state index contributed by atoms with van der Waals surface area (Å²) < 4.78 is 5.44. The minimum Gasteiger partial charge on any atom is -0.491 e. The molecule has 98 valence electrons. The third-order valence-corrected chi connectivity index (χ3v) is 3.15. The van der Waals surface area contributed by atoms with Gasteiger partial charge in [-0.2, -0.15) is 16.6 Å². The maximum atomic E-state index is 9.79. The van der Waals surface area contributed by atoms with Crippen LogP contribution >= 0.6 is 11.3 Å². The average molecular weight is 274 g/mol. The Bertz CT molecular complexity index is 549. The van der Waals surface area contributed by atoms with E-state index in [0.29, 0.717) is 17.9 Å². The zero-order chi connectivity index (χ0) is 13.5. The number of aliphatic hydroxyl groups excluding tert-OH is 1. The number of rotatable bonds is 6. The van der Waals surface area contributed by atoms with E-state index in [1.165, 1.54) is 0 Å². The van der Waals surface area contributed by atoms with E-state index < -0.39 is 6.10 Å². The van der Waals surface area contributed by atoms with Gasteiger partial charge in [-0.25, -0.2) is 0 Å². The van der Waals surface area contributed by atoms with Crippen molar-refractivity contribution in [2.24, 2.45) is 0 Å². The van der Waals surface area contributed by atoms with Gasteiger partial charge in [0.25, 0.3) is 0 Å². The van der Waals surface area contributed by atoms with Crippen molar-refractivity contribution in [3.05, 3.63) is 46.7 Å². The smallest absolute Gasteiger partial charge is 0.120 e. The van der Waals surface area contributed by atoms with Gasteiger partial charge in [-0.1, -0.05) is 6.07 Å². The molecule has 0 spiro atoms. The molecule has 0 radical (unpaired) electrons. The summed E-state index contributed by atoms with van der Waals surface area (Å²) in [5.74, 6) is 0.591. The fourth-order valence-corrected chi connectivity index (χ4v) is 2.12. The van der Waals surface area contributed by atoms with E-state index in [-0.39, 0.29) is 6.61 Å². The molecule has 2 aromatic rings. The predicted molar refractivity (Wildman–Crippen MR) is 75.5 cm³/mol. The van der Waals surface area contributed by atoms with Crippen LogP contribution in [0.4, 0.5) is 5.69 Å². The lowest BCUT2D eigenvalue weighted by atomic mass is 10.2. The molecule has 1 aromatic heterocycles. The summed E-state index contributed by atoms with van der Waals surface area (Å²) >= 11 is 1.60. The molecule has 2 N–H and O–H groups in total. The third-order valence-electron chi connectivity index (χ3n) is 2.47. The van der Waals surface area contributed by atoms with E-state index in [0.717, 1.165) is 5.69 Å². The first-order valence-corrected chi connectivity index (χ1v) is 6.79. The summed E-state index contributed by atoms with van der Waals surface area (Å²) in [5.41, 5.74) is 1.54. The van der Waals surface area contributed by atoms with Crippen LogP contribution < -0.4 is 10.1 Å². The van der Waals surface area contributed by atoms with E-state index >= 15 is 0 Å². The fourth-order valence-electron chi connectivity index (χ4n) is 1.51. The van der Waals surface area contributed by atoms with Crippen LogP contribution in [0.5, 0.6) is 5.75 Å². The van der Waals surface area contributed by atoms with E-state index in [1.807, 2.05) is 22.9 Å². The Balaban J connectivity index is 1.76. The zero-order valence-electron chi connectivity index (χ0n) is 10.2. The number of benzene rings is 1. The number of hydrogen-bond donors (Lipinski definition) is 2. The highest BCUT2D eigenvalue weighted by Crippen LogP contribution is 2.14. The van der Waals surface area contributed by atoms with Crippen LogP contribution in [0.25, 0.3) is 0 Å².